The van der Waals surface area contributed by atoms with Crippen LogP contribution in [0.3, 0.4) is 0 Å². The van der Waals surface area contributed by atoms with Gasteiger partial charge in [0.25, 0.3) is 5.91 Å². The fourth-order valence-electron chi connectivity index (χ4n) is 1.43. The number of rotatable bonds is 7. The molecule has 134 valence electrons. The maximum absolute atomic E-state index is 12.2. The summed E-state index contributed by atoms with van der Waals surface area (Å²) in [6.07, 6.45) is -9.33. The molecule has 24 heavy (non-hydrogen) atoms. The van der Waals surface area contributed by atoms with Gasteiger partial charge in [-0.05, 0) is 23.4 Å². The van der Waals surface area contributed by atoms with E-state index in [1.165, 1.54) is 0 Å². The predicted octanol–water partition coefficient (Wildman–Crippen LogP) is 3.02. The number of hydrogen-bond acceptors (Lipinski definition) is 5. The molecule has 0 radical (unpaired) electrons. The lowest BCUT2D eigenvalue weighted by Gasteiger charge is -2.15. The van der Waals surface area contributed by atoms with Crippen LogP contribution in [0.2, 0.25) is 0 Å². The molecule has 1 amide bonds. The van der Waals surface area contributed by atoms with E-state index in [4.69, 9.17) is 0 Å². The Kier molecular flexibility index (Phi) is 6.37. The van der Waals surface area contributed by atoms with Crippen molar-refractivity contribution in [3.05, 3.63) is 28.7 Å². The summed E-state index contributed by atoms with van der Waals surface area (Å²) in [4.78, 5) is 21.7. The monoisotopic (exact) mass is 360 g/mol. The number of hydrogen-bond donors (Lipinski definition) is 1. The molecular weight excluding hydrogens is 350 g/mol. The van der Waals surface area contributed by atoms with Crippen molar-refractivity contribution in [3.63, 3.8) is 0 Å². The molecule has 1 rings (SSSR count). The van der Waals surface area contributed by atoms with Gasteiger partial charge in [0.2, 0.25) is 0 Å². The van der Waals surface area contributed by atoms with Crippen LogP contribution in [0.1, 0.15) is 10.4 Å². The largest absolute Gasteiger partial charge is 0.484 e. The highest BCUT2D eigenvalue weighted by molar-refractivity contribution is 5.97. The smallest absolute Gasteiger partial charge is 0.422 e. The fourth-order valence-corrected chi connectivity index (χ4v) is 1.43. The molecule has 0 fully saturated rings. The predicted molar refractivity (Wildman–Crippen MR) is 67.7 cm³/mol. The first-order valence-electron chi connectivity index (χ1n) is 6.12. The third-order valence-corrected chi connectivity index (χ3v) is 2.29. The lowest BCUT2D eigenvalue weighted by Crippen LogP contribution is -2.26. The molecule has 0 bridgehead atoms. The number of benzene rings is 1. The van der Waals surface area contributed by atoms with E-state index in [-0.39, 0.29) is 0 Å². The van der Waals surface area contributed by atoms with Gasteiger partial charge in [-0.15, -0.1) is 4.91 Å². The first-order valence-corrected chi connectivity index (χ1v) is 6.12. The van der Waals surface area contributed by atoms with Crippen molar-refractivity contribution in [2.45, 2.75) is 12.4 Å². The average Bonchev–Trinajstić information content (AvgIpc) is 2.47. The molecule has 0 atom stereocenters. The average molecular weight is 360 g/mol. The Morgan fingerprint density at radius 1 is 1.04 bits per heavy atom. The molecule has 1 aromatic rings. The minimum atomic E-state index is -4.69. The van der Waals surface area contributed by atoms with Crippen molar-refractivity contribution in [1.82, 2.24) is 5.32 Å². The molecule has 0 saturated carbocycles. The van der Waals surface area contributed by atoms with E-state index in [1.807, 2.05) is 5.32 Å². The maximum Gasteiger partial charge on any atom is 0.422 e. The summed E-state index contributed by atoms with van der Waals surface area (Å²) in [5.74, 6) is -2.03. The number of nitroso groups, excluding NO2 is 1. The SMILES string of the molecule is O=NCNC(=O)c1cc(OCC(F)(F)F)ccc1OCC(F)(F)F. The van der Waals surface area contributed by atoms with E-state index in [2.05, 4.69) is 14.7 Å². The molecule has 6 nitrogen and oxygen atoms in total. The van der Waals surface area contributed by atoms with Gasteiger partial charge in [0.05, 0.1) is 5.56 Å². The summed E-state index contributed by atoms with van der Waals surface area (Å²) in [7, 11) is 0. The van der Waals surface area contributed by atoms with Crippen LogP contribution in [0, 0.1) is 4.91 Å². The number of ether oxygens (including phenoxy) is 2. The van der Waals surface area contributed by atoms with Gasteiger partial charge < -0.3 is 14.8 Å². The Morgan fingerprint density at radius 2 is 1.62 bits per heavy atom. The van der Waals surface area contributed by atoms with Gasteiger partial charge >= 0.3 is 12.4 Å². The van der Waals surface area contributed by atoms with Crippen LogP contribution in [0.15, 0.2) is 23.4 Å². The molecule has 0 spiro atoms. The van der Waals surface area contributed by atoms with Crippen molar-refractivity contribution in [3.8, 4) is 11.5 Å². The molecule has 0 saturated heterocycles. The molecule has 0 aromatic heterocycles. The van der Waals surface area contributed by atoms with Gasteiger partial charge in [0.1, 0.15) is 11.5 Å². The number of nitrogens with zero attached hydrogens (tertiary/aromatic N) is 1. The zero-order valence-corrected chi connectivity index (χ0v) is 11.7. The summed E-state index contributed by atoms with van der Waals surface area (Å²) in [5, 5.41) is 4.25. The summed E-state index contributed by atoms with van der Waals surface area (Å²) in [5.41, 5.74) is -0.539. The van der Waals surface area contributed by atoms with Gasteiger partial charge in [-0.3, -0.25) is 4.79 Å². The summed E-state index contributed by atoms with van der Waals surface area (Å²) < 4.78 is 81.6. The summed E-state index contributed by atoms with van der Waals surface area (Å²) in [6.45, 7) is -4.07. The number of carbonyl (C=O) groups excluding carboxylic acids is 1. The van der Waals surface area contributed by atoms with E-state index in [0.29, 0.717) is 0 Å². The van der Waals surface area contributed by atoms with Gasteiger partial charge in [0.15, 0.2) is 19.9 Å². The lowest BCUT2D eigenvalue weighted by molar-refractivity contribution is -0.154. The van der Waals surface area contributed by atoms with Crippen LogP contribution in [0.4, 0.5) is 26.3 Å². The van der Waals surface area contributed by atoms with E-state index < -0.39 is 55.2 Å². The highest BCUT2D eigenvalue weighted by atomic mass is 19.4. The lowest BCUT2D eigenvalue weighted by atomic mass is 10.1. The first kappa shape index (κ1) is 19.5. The number of alkyl halides is 6. The van der Waals surface area contributed by atoms with Gasteiger partial charge in [0, 0.05) is 0 Å². The molecule has 0 aliphatic heterocycles. The van der Waals surface area contributed by atoms with Gasteiger partial charge in [-0.25, -0.2) is 0 Å². The molecular formula is C12H10F6N2O4. The van der Waals surface area contributed by atoms with Crippen LogP contribution in [0.5, 0.6) is 11.5 Å². The topological polar surface area (TPSA) is 77.0 Å². The third-order valence-electron chi connectivity index (χ3n) is 2.29. The van der Waals surface area contributed by atoms with Crippen LogP contribution >= 0.6 is 0 Å². The highest BCUT2D eigenvalue weighted by Crippen LogP contribution is 2.27. The quantitative estimate of drug-likeness (QED) is 0.599. The number of carbonyl (C=O) groups is 1. The van der Waals surface area contributed by atoms with E-state index in [9.17, 15) is 36.0 Å². The Morgan fingerprint density at radius 3 is 2.17 bits per heavy atom. The second-order valence-corrected chi connectivity index (χ2v) is 4.26. The van der Waals surface area contributed by atoms with Crippen LogP contribution in [0.25, 0.3) is 0 Å². The van der Waals surface area contributed by atoms with Crippen molar-refractivity contribution < 1.29 is 40.6 Å². The van der Waals surface area contributed by atoms with Crippen molar-refractivity contribution >= 4 is 5.91 Å². The molecule has 0 aliphatic carbocycles. The maximum atomic E-state index is 12.2. The molecule has 1 aromatic carbocycles. The number of nitrogens with one attached hydrogen (secondary N) is 1. The normalized spacial score (nSPS) is 11.8. The van der Waals surface area contributed by atoms with Crippen LogP contribution < -0.4 is 14.8 Å². The third kappa shape index (κ3) is 7.15. The fraction of sp³-hybridized carbons (Fsp3) is 0.417. The van der Waals surface area contributed by atoms with E-state index >= 15 is 0 Å². The Hall–Kier alpha value is -2.53. The first-order chi connectivity index (χ1) is 11.0. The Labute approximate surface area is 130 Å². The van der Waals surface area contributed by atoms with Crippen LogP contribution in [-0.2, 0) is 0 Å². The minimum Gasteiger partial charge on any atom is -0.484 e. The molecule has 1 N–H and O–H groups in total. The minimum absolute atomic E-state index is 0.420. The molecule has 12 heteroatoms. The Balaban J connectivity index is 3.00. The highest BCUT2D eigenvalue weighted by Gasteiger charge is 2.30. The van der Waals surface area contributed by atoms with Crippen molar-refractivity contribution in [2.75, 3.05) is 19.9 Å². The van der Waals surface area contributed by atoms with Gasteiger partial charge in [-0.2, -0.15) is 26.3 Å². The van der Waals surface area contributed by atoms with E-state index in [0.717, 1.165) is 18.2 Å². The molecule has 0 aliphatic rings. The second-order valence-electron chi connectivity index (χ2n) is 4.26. The summed E-state index contributed by atoms with van der Waals surface area (Å²) >= 11 is 0. The second kappa shape index (κ2) is 7.84. The zero-order valence-electron chi connectivity index (χ0n) is 11.7. The van der Waals surface area contributed by atoms with Crippen molar-refractivity contribution in [1.29, 1.82) is 0 Å². The van der Waals surface area contributed by atoms with Gasteiger partial charge in [-0.1, -0.05) is 0 Å². The summed E-state index contributed by atoms with van der Waals surface area (Å²) in [6, 6.07) is 2.52. The number of halogens is 6. The van der Waals surface area contributed by atoms with E-state index in [1.54, 1.807) is 0 Å². The zero-order chi connectivity index (χ0) is 18.4. The Bertz CT molecular complexity index is 588. The van der Waals surface area contributed by atoms with Crippen LogP contribution in [-0.4, -0.2) is 38.1 Å². The molecule has 0 unspecified atom stereocenters. The molecule has 0 heterocycles. The standard InChI is InChI=1S/C12H10F6N2O4/c13-11(14,15)4-23-7-1-2-9(24-5-12(16,17)18)8(3-7)10(21)19-6-20-22/h1-3H,4-6H2,(H,19,21). The van der Waals surface area contributed by atoms with Crippen molar-refractivity contribution in [2.24, 2.45) is 5.18 Å². The number of amides is 1.